The molecule has 0 aliphatic rings. The van der Waals surface area contributed by atoms with Crippen LogP contribution in [0.25, 0.3) is 0 Å². The lowest BCUT2D eigenvalue weighted by molar-refractivity contribution is 0.880. The molecule has 0 rings (SSSR count). The standard InChI is InChI=1S/C8H14BrN/c1-4-5-7(9)8(10)6(2)3/h5-6,10H,4H2,1-3H3/b7-5+,10-8?. The quantitative estimate of drug-likeness (QED) is 0.681. The van der Waals surface area contributed by atoms with E-state index in [1.165, 1.54) is 0 Å². The van der Waals surface area contributed by atoms with Crippen LogP contribution in [0.1, 0.15) is 27.2 Å². The lowest BCUT2D eigenvalue weighted by atomic mass is 10.1. The molecule has 0 bridgehead atoms. The average Bonchev–Trinajstić information content (AvgIpc) is 1.87. The third-order valence-corrected chi connectivity index (χ3v) is 1.97. The van der Waals surface area contributed by atoms with Crippen molar-refractivity contribution in [1.29, 1.82) is 5.41 Å². The molecule has 0 aliphatic heterocycles. The van der Waals surface area contributed by atoms with E-state index in [1.807, 2.05) is 19.9 Å². The maximum Gasteiger partial charge on any atom is 0.0477 e. The molecule has 0 amide bonds. The molecule has 0 radical (unpaired) electrons. The molecule has 0 aromatic carbocycles. The van der Waals surface area contributed by atoms with Crippen molar-refractivity contribution in [2.45, 2.75) is 27.2 Å². The zero-order valence-electron chi connectivity index (χ0n) is 6.74. The molecular weight excluding hydrogens is 190 g/mol. The first-order valence-electron chi connectivity index (χ1n) is 3.54. The molecule has 1 nitrogen and oxygen atoms in total. The summed E-state index contributed by atoms with van der Waals surface area (Å²) in [6.45, 7) is 6.11. The summed E-state index contributed by atoms with van der Waals surface area (Å²) in [5, 5.41) is 7.54. The van der Waals surface area contributed by atoms with Gasteiger partial charge in [0.25, 0.3) is 0 Å². The number of halogens is 1. The number of allylic oxidation sites excluding steroid dienone is 2. The zero-order chi connectivity index (χ0) is 8.15. The Morgan fingerprint density at radius 2 is 2.10 bits per heavy atom. The molecule has 0 aromatic rings. The molecule has 2 heteroatoms. The van der Waals surface area contributed by atoms with Gasteiger partial charge in [0.1, 0.15) is 0 Å². The number of hydrogen-bond donors (Lipinski definition) is 1. The minimum atomic E-state index is 0.317. The second-order valence-corrected chi connectivity index (χ2v) is 3.38. The summed E-state index contributed by atoms with van der Waals surface area (Å²) in [6.07, 6.45) is 3.00. The Labute approximate surface area is 71.2 Å². The van der Waals surface area contributed by atoms with Crippen LogP contribution in [-0.4, -0.2) is 5.71 Å². The van der Waals surface area contributed by atoms with Crippen molar-refractivity contribution in [2.75, 3.05) is 0 Å². The summed E-state index contributed by atoms with van der Waals surface area (Å²) in [4.78, 5) is 0. The summed E-state index contributed by atoms with van der Waals surface area (Å²) in [5.74, 6) is 0.317. The van der Waals surface area contributed by atoms with E-state index in [0.717, 1.165) is 10.9 Å². The lowest BCUT2D eigenvalue weighted by Gasteiger charge is -2.04. The molecule has 0 spiro atoms. The molecule has 0 heterocycles. The molecular formula is C8H14BrN. The van der Waals surface area contributed by atoms with Gasteiger partial charge in [-0.05, 0) is 28.3 Å². The molecule has 0 atom stereocenters. The monoisotopic (exact) mass is 203 g/mol. The van der Waals surface area contributed by atoms with Crippen LogP contribution in [0.4, 0.5) is 0 Å². The molecule has 58 valence electrons. The fourth-order valence-electron chi connectivity index (χ4n) is 0.565. The smallest absolute Gasteiger partial charge is 0.0477 e. The summed E-state index contributed by atoms with van der Waals surface area (Å²) in [7, 11) is 0. The Kier molecular flexibility index (Phi) is 4.62. The van der Waals surface area contributed by atoms with Crippen molar-refractivity contribution in [3.05, 3.63) is 10.6 Å². The molecule has 0 aromatic heterocycles. The number of hydrogen-bond acceptors (Lipinski definition) is 1. The van der Waals surface area contributed by atoms with Crippen molar-refractivity contribution < 1.29 is 0 Å². The van der Waals surface area contributed by atoms with Crippen molar-refractivity contribution in [3.63, 3.8) is 0 Å². The van der Waals surface area contributed by atoms with Crippen molar-refractivity contribution in [3.8, 4) is 0 Å². The van der Waals surface area contributed by atoms with Crippen LogP contribution < -0.4 is 0 Å². The van der Waals surface area contributed by atoms with E-state index >= 15 is 0 Å². The first kappa shape index (κ1) is 9.89. The minimum absolute atomic E-state index is 0.317. The lowest BCUT2D eigenvalue weighted by Crippen LogP contribution is -2.04. The van der Waals surface area contributed by atoms with Crippen LogP contribution in [-0.2, 0) is 0 Å². The van der Waals surface area contributed by atoms with Crippen molar-refractivity contribution in [1.82, 2.24) is 0 Å². The Bertz CT molecular complexity index is 147. The van der Waals surface area contributed by atoms with Gasteiger partial charge in [-0.1, -0.05) is 26.8 Å². The molecule has 0 unspecified atom stereocenters. The van der Waals surface area contributed by atoms with Crippen LogP contribution in [0.5, 0.6) is 0 Å². The van der Waals surface area contributed by atoms with E-state index in [1.54, 1.807) is 0 Å². The van der Waals surface area contributed by atoms with E-state index in [-0.39, 0.29) is 0 Å². The van der Waals surface area contributed by atoms with Gasteiger partial charge < -0.3 is 5.41 Å². The van der Waals surface area contributed by atoms with Crippen LogP contribution in [0, 0.1) is 11.3 Å². The van der Waals surface area contributed by atoms with Crippen LogP contribution in [0.2, 0.25) is 0 Å². The predicted octanol–water partition coefficient (Wildman–Crippen LogP) is 3.35. The molecule has 1 N–H and O–H groups in total. The van der Waals surface area contributed by atoms with Gasteiger partial charge in [0, 0.05) is 10.2 Å². The van der Waals surface area contributed by atoms with Crippen LogP contribution in [0.3, 0.4) is 0 Å². The van der Waals surface area contributed by atoms with Gasteiger partial charge in [-0.15, -0.1) is 0 Å². The Hall–Kier alpha value is -0.110. The van der Waals surface area contributed by atoms with E-state index < -0.39 is 0 Å². The van der Waals surface area contributed by atoms with E-state index in [4.69, 9.17) is 5.41 Å². The van der Waals surface area contributed by atoms with E-state index in [2.05, 4.69) is 22.9 Å². The van der Waals surface area contributed by atoms with Gasteiger partial charge in [0.15, 0.2) is 0 Å². The fraction of sp³-hybridized carbons (Fsp3) is 0.625. The van der Waals surface area contributed by atoms with Crippen LogP contribution in [0.15, 0.2) is 10.6 Å². The van der Waals surface area contributed by atoms with Gasteiger partial charge in [-0.25, -0.2) is 0 Å². The Balaban J connectivity index is 4.08. The molecule has 0 aliphatic carbocycles. The summed E-state index contributed by atoms with van der Waals surface area (Å²) in [6, 6.07) is 0. The first-order valence-corrected chi connectivity index (χ1v) is 4.33. The topological polar surface area (TPSA) is 23.9 Å². The maximum absolute atomic E-state index is 7.54. The summed E-state index contributed by atoms with van der Waals surface area (Å²) >= 11 is 3.34. The van der Waals surface area contributed by atoms with E-state index in [0.29, 0.717) is 11.6 Å². The van der Waals surface area contributed by atoms with Crippen molar-refractivity contribution in [2.24, 2.45) is 5.92 Å². The van der Waals surface area contributed by atoms with Crippen molar-refractivity contribution >= 4 is 21.6 Å². The second kappa shape index (κ2) is 4.67. The molecule has 0 saturated heterocycles. The third-order valence-electron chi connectivity index (χ3n) is 1.22. The highest BCUT2D eigenvalue weighted by Crippen LogP contribution is 2.13. The van der Waals surface area contributed by atoms with Gasteiger partial charge in [-0.3, -0.25) is 0 Å². The zero-order valence-corrected chi connectivity index (χ0v) is 8.33. The van der Waals surface area contributed by atoms with Gasteiger partial charge >= 0.3 is 0 Å². The van der Waals surface area contributed by atoms with Gasteiger partial charge in [0.2, 0.25) is 0 Å². The minimum Gasteiger partial charge on any atom is -0.304 e. The predicted molar refractivity (Wildman–Crippen MR) is 49.9 cm³/mol. The third kappa shape index (κ3) is 3.16. The first-order chi connectivity index (χ1) is 4.59. The van der Waals surface area contributed by atoms with E-state index in [9.17, 15) is 0 Å². The Morgan fingerprint density at radius 3 is 2.40 bits per heavy atom. The summed E-state index contributed by atoms with van der Waals surface area (Å²) in [5.41, 5.74) is 0.682. The van der Waals surface area contributed by atoms with Gasteiger partial charge in [-0.2, -0.15) is 0 Å². The molecule has 0 saturated carbocycles. The summed E-state index contributed by atoms with van der Waals surface area (Å²) < 4.78 is 0.935. The number of rotatable bonds is 3. The normalized spacial score (nSPS) is 12.3. The Morgan fingerprint density at radius 1 is 1.60 bits per heavy atom. The molecule has 0 fully saturated rings. The SMILES string of the molecule is CC/C=C(/Br)C(=N)C(C)C. The highest BCUT2D eigenvalue weighted by atomic mass is 79.9. The maximum atomic E-state index is 7.54. The van der Waals surface area contributed by atoms with Crippen LogP contribution >= 0.6 is 15.9 Å². The highest BCUT2D eigenvalue weighted by Gasteiger charge is 2.04. The van der Waals surface area contributed by atoms with Gasteiger partial charge in [0.05, 0.1) is 0 Å². The highest BCUT2D eigenvalue weighted by molar-refractivity contribution is 9.12. The largest absolute Gasteiger partial charge is 0.304 e. The average molecular weight is 204 g/mol. The fourth-order valence-corrected chi connectivity index (χ4v) is 1.35. The number of nitrogens with one attached hydrogen (secondary N) is 1. The molecule has 10 heavy (non-hydrogen) atoms. The second-order valence-electron chi connectivity index (χ2n) is 2.53.